The van der Waals surface area contributed by atoms with Crippen molar-refractivity contribution in [3.63, 3.8) is 0 Å². The van der Waals surface area contributed by atoms with Gasteiger partial charge in [0.05, 0.1) is 6.42 Å². The molecule has 0 saturated carbocycles. The number of thioether (sulfide) groups is 1. The number of ether oxygens (including phenoxy) is 1. The van der Waals surface area contributed by atoms with Crippen LogP contribution >= 0.6 is 11.8 Å². The molecule has 6 nitrogen and oxygen atoms in total. The zero-order valence-corrected chi connectivity index (χ0v) is 14.1. The van der Waals surface area contributed by atoms with Crippen LogP contribution in [0.25, 0.3) is 0 Å². The molecule has 0 aliphatic carbocycles. The minimum absolute atomic E-state index is 0.362. The zero-order chi connectivity index (χ0) is 16.6. The molecule has 0 bridgehead atoms. The van der Waals surface area contributed by atoms with Gasteiger partial charge in [0.15, 0.2) is 0 Å². The molecule has 1 unspecified atom stereocenters. The number of nitrogens with one attached hydrogen (secondary N) is 1. The minimum Gasteiger partial charge on any atom is -0.444 e. The molecule has 1 aromatic carbocycles. The summed E-state index contributed by atoms with van der Waals surface area (Å²) >= 11 is 1.87. The van der Waals surface area contributed by atoms with E-state index >= 15 is 0 Å². The summed E-state index contributed by atoms with van der Waals surface area (Å²) in [5, 5.41) is 0. The van der Waals surface area contributed by atoms with Crippen molar-refractivity contribution in [2.75, 3.05) is 5.75 Å². The third kappa shape index (κ3) is 9.99. The molecule has 1 fully saturated rings. The van der Waals surface area contributed by atoms with Gasteiger partial charge >= 0.3 is 5.90 Å². The van der Waals surface area contributed by atoms with Crippen molar-refractivity contribution in [1.82, 2.24) is 0 Å². The molecule has 1 heterocycles. The summed E-state index contributed by atoms with van der Waals surface area (Å²) in [4.78, 5) is 4.68. The van der Waals surface area contributed by atoms with E-state index in [4.69, 9.17) is 23.4 Å². The molecule has 1 N–H and O–H groups in total. The van der Waals surface area contributed by atoms with Gasteiger partial charge in [-0.15, -0.1) is 22.0 Å². The molecule has 1 atom stereocenters. The van der Waals surface area contributed by atoms with E-state index in [9.17, 15) is 0 Å². The Hall–Kier alpha value is -0.830. The minimum atomic E-state index is -4.94. The molecule has 1 aliphatic rings. The maximum atomic E-state index is 8.49. The highest BCUT2D eigenvalue weighted by Crippen LogP contribution is 2.23. The molecule has 22 heavy (non-hydrogen) atoms. The van der Waals surface area contributed by atoms with Crippen molar-refractivity contribution in [1.29, 1.82) is 0 Å². The van der Waals surface area contributed by atoms with E-state index in [1.54, 1.807) is 0 Å². The molecule has 0 radical (unpaired) electrons. The first-order valence-corrected chi connectivity index (χ1v) is 9.04. The van der Waals surface area contributed by atoms with Gasteiger partial charge in [-0.05, 0) is 32.4 Å². The second-order valence-corrected chi connectivity index (χ2v) is 6.85. The van der Waals surface area contributed by atoms with Crippen LogP contribution in [0.3, 0.4) is 0 Å². The molecule has 0 spiro atoms. The lowest BCUT2D eigenvalue weighted by Gasteiger charge is -2.17. The molecule has 1 saturated heterocycles. The summed E-state index contributed by atoms with van der Waals surface area (Å²) in [5.74, 6) is 2.10. The van der Waals surface area contributed by atoms with Gasteiger partial charge in [-0.25, -0.2) is 23.6 Å². The van der Waals surface area contributed by atoms with Crippen molar-refractivity contribution >= 4 is 17.7 Å². The number of hydrogen-bond acceptors (Lipinski definition) is 6. The van der Waals surface area contributed by atoms with Crippen LogP contribution < -0.4 is 23.6 Å². The van der Waals surface area contributed by atoms with E-state index in [2.05, 4.69) is 49.2 Å². The Morgan fingerprint density at radius 1 is 1.23 bits per heavy atom. The Kier molecular flexibility index (Phi) is 8.16. The Balaban J connectivity index is 0.000000422. The monoisotopic (exact) mass is 349 g/mol. The van der Waals surface area contributed by atoms with Gasteiger partial charge in [0.25, 0.3) is 0 Å². The van der Waals surface area contributed by atoms with Crippen molar-refractivity contribution in [2.24, 2.45) is 0 Å². The first-order valence-electron chi connectivity index (χ1n) is 6.82. The highest BCUT2D eigenvalue weighted by molar-refractivity contribution is 7.99. The first kappa shape index (κ1) is 19.2. The molecule has 8 heteroatoms. The molecular formula is C14H20ClNO5S. The fourth-order valence-electron chi connectivity index (χ4n) is 1.86. The number of benzene rings is 1. The molecular weight excluding hydrogens is 330 g/mol. The molecule has 2 rings (SSSR count). The maximum Gasteiger partial charge on any atom is 0.335 e. The average Bonchev–Trinajstić information content (AvgIpc) is 2.82. The smallest absolute Gasteiger partial charge is 0.335 e. The van der Waals surface area contributed by atoms with Crippen LogP contribution in [0.4, 0.5) is 0 Å². The van der Waals surface area contributed by atoms with Gasteiger partial charge in [-0.1, -0.05) is 18.2 Å². The Bertz CT molecular complexity index is 458. The van der Waals surface area contributed by atoms with Crippen LogP contribution in [0.15, 0.2) is 35.2 Å². The fourth-order valence-corrected chi connectivity index (χ4v) is 2.83. The van der Waals surface area contributed by atoms with Crippen LogP contribution in [-0.2, 0) is 4.74 Å². The molecule has 0 amide bonds. The average molecular weight is 350 g/mol. The number of rotatable bonds is 4. The van der Waals surface area contributed by atoms with Crippen LogP contribution in [0.5, 0.6) is 0 Å². The lowest BCUT2D eigenvalue weighted by atomic mass is 10.2. The van der Waals surface area contributed by atoms with E-state index in [1.165, 1.54) is 4.90 Å². The van der Waals surface area contributed by atoms with E-state index in [1.807, 2.05) is 11.8 Å². The predicted octanol–water partition coefficient (Wildman–Crippen LogP) is -2.91. The van der Waals surface area contributed by atoms with E-state index in [0.717, 1.165) is 24.5 Å². The quantitative estimate of drug-likeness (QED) is 0.583. The third-order valence-corrected chi connectivity index (χ3v) is 3.78. The van der Waals surface area contributed by atoms with Crippen LogP contribution in [0.1, 0.15) is 26.7 Å². The Morgan fingerprint density at radius 2 is 1.82 bits per heavy atom. The summed E-state index contributed by atoms with van der Waals surface area (Å²) in [6.07, 6.45) is 2.55. The van der Waals surface area contributed by atoms with Gasteiger partial charge < -0.3 is 4.74 Å². The first-order chi connectivity index (χ1) is 10.2. The number of hydrogen-bond donors (Lipinski definition) is 1. The standard InChI is InChI=1S/C14H19NOS.ClHO4/c1-11(2)15-14-9-8-12(16-14)10-17-13-6-4-3-5-7-13;2-1(3,4)5/h3-7,11-12H,8-10H2,1-2H3;(H,2,3,4,5). The zero-order valence-electron chi connectivity index (χ0n) is 12.5. The third-order valence-electron chi connectivity index (χ3n) is 2.63. The highest BCUT2D eigenvalue weighted by atomic mass is 35.7. The van der Waals surface area contributed by atoms with E-state index in [0.29, 0.717) is 12.1 Å². The van der Waals surface area contributed by atoms with Crippen LogP contribution in [0.2, 0.25) is 0 Å². The normalized spacial score (nSPS) is 19.8. The van der Waals surface area contributed by atoms with Gasteiger partial charge in [0, 0.05) is 10.6 Å². The molecule has 0 aromatic heterocycles. The van der Waals surface area contributed by atoms with E-state index in [-0.39, 0.29) is 0 Å². The fraction of sp³-hybridized carbons (Fsp3) is 0.500. The summed E-state index contributed by atoms with van der Waals surface area (Å²) in [6, 6.07) is 11.0. The summed E-state index contributed by atoms with van der Waals surface area (Å²) in [7, 11) is -4.94. The Labute approximate surface area is 136 Å². The second kappa shape index (κ2) is 9.34. The summed E-state index contributed by atoms with van der Waals surface area (Å²) in [6.45, 7) is 4.28. The van der Waals surface area contributed by atoms with Gasteiger partial charge in [0.2, 0.25) is 0 Å². The van der Waals surface area contributed by atoms with Crippen LogP contribution in [0, 0.1) is 10.2 Å². The summed E-state index contributed by atoms with van der Waals surface area (Å²) < 4.78 is 39.9. The largest absolute Gasteiger partial charge is 0.444 e. The van der Waals surface area contributed by atoms with Crippen molar-refractivity contribution in [3.05, 3.63) is 30.3 Å². The van der Waals surface area contributed by atoms with Crippen molar-refractivity contribution in [2.45, 2.75) is 43.7 Å². The second-order valence-electron chi connectivity index (χ2n) is 5.00. The predicted molar refractivity (Wildman–Crippen MR) is 72.4 cm³/mol. The van der Waals surface area contributed by atoms with Crippen molar-refractivity contribution < 1.29 is 38.6 Å². The van der Waals surface area contributed by atoms with E-state index < -0.39 is 10.2 Å². The Morgan fingerprint density at radius 3 is 2.36 bits per heavy atom. The molecule has 1 aromatic rings. The molecule has 1 aliphatic heterocycles. The van der Waals surface area contributed by atoms with Crippen LogP contribution in [-0.4, -0.2) is 23.8 Å². The maximum absolute atomic E-state index is 8.49. The van der Waals surface area contributed by atoms with Gasteiger partial charge in [0.1, 0.15) is 12.1 Å². The highest BCUT2D eigenvalue weighted by Gasteiger charge is 2.26. The lowest BCUT2D eigenvalue weighted by molar-refractivity contribution is -2.00. The number of halogens is 1. The lowest BCUT2D eigenvalue weighted by Crippen LogP contribution is -2.77. The SMILES string of the molecule is CC(C)[NH+]=C1CCC(CSc2ccccc2)O1.[O-][Cl+3]([O-])([O-])[O-]. The summed E-state index contributed by atoms with van der Waals surface area (Å²) in [5.41, 5.74) is 0. The molecule has 124 valence electrons. The topological polar surface area (TPSA) is 115 Å². The van der Waals surface area contributed by atoms with Gasteiger partial charge in [-0.2, -0.15) is 0 Å². The van der Waals surface area contributed by atoms with Gasteiger partial charge in [-0.3, -0.25) is 0 Å². The van der Waals surface area contributed by atoms with Crippen molar-refractivity contribution in [3.8, 4) is 0 Å².